The third-order valence-corrected chi connectivity index (χ3v) is 7.12. The van der Waals surface area contributed by atoms with Gasteiger partial charge in [-0.15, -0.1) is 5.10 Å². The first-order chi connectivity index (χ1) is 21.6. The van der Waals surface area contributed by atoms with Gasteiger partial charge in [0.15, 0.2) is 0 Å². The van der Waals surface area contributed by atoms with Crippen LogP contribution in [0.25, 0.3) is 5.69 Å². The molecule has 0 atom stereocenters. The number of nitrogens with zero attached hydrogens (tertiary/aromatic N) is 4. The molecule has 252 valence electrons. The van der Waals surface area contributed by atoms with Crippen molar-refractivity contribution < 1.29 is 49.9 Å². The van der Waals surface area contributed by atoms with Crippen molar-refractivity contribution in [2.24, 2.45) is 0 Å². The number of aromatic carboxylic acids is 1. The third kappa shape index (κ3) is 9.09. The Morgan fingerprint density at radius 3 is 2.19 bits per heavy atom. The molecule has 22 heteroatoms. The number of hydrogen-bond acceptors (Lipinski definition) is 8. The molecule has 1 aromatic heterocycles. The number of hydrogen-bond donors (Lipinski definition) is 2. The Hall–Kier alpha value is -4.46. The minimum absolute atomic E-state index is 0.0257. The Kier molecular flexibility index (Phi) is 11.1. The number of sulfonamides is 1. The van der Waals surface area contributed by atoms with Gasteiger partial charge in [-0.1, -0.05) is 34.8 Å². The van der Waals surface area contributed by atoms with Crippen LogP contribution in [0.3, 0.4) is 0 Å². The fraction of sp³-hybridized carbons (Fsp3) is 0.160. The highest BCUT2D eigenvalue weighted by Gasteiger charge is 2.31. The molecule has 4 aromatic rings. The van der Waals surface area contributed by atoms with E-state index in [2.05, 4.69) is 9.82 Å². The summed E-state index contributed by atoms with van der Waals surface area (Å²) < 4.78 is 94.2. The third-order valence-electron chi connectivity index (χ3n) is 5.62. The fourth-order valence-electron chi connectivity index (χ4n) is 3.63. The smallest absolute Gasteiger partial charge is 0.416 e. The van der Waals surface area contributed by atoms with E-state index in [1.807, 2.05) is 0 Å². The first kappa shape index (κ1) is 37.0. The first-order valence-electron chi connectivity index (χ1n) is 12.1. The Morgan fingerprint density at radius 2 is 1.70 bits per heavy atom. The van der Waals surface area contributed by atoms with E-state index in [9.17, 15) is 50.1 Å². The average molecular weight is 749 g/mol. The van der Waals surface area contributed by atoms with Gasteiger partial charge in [0, 0.05) is 12.1 Å². The maximum atomic E-state index is 12.8. The van der Waals surface area contributed by atoms with E-state index >= 15 is 0 Å². The number of ether oxygens (including phenoxy) is 1. The Balaban J connectivity index is 0.000000256. The number of benzene rings is 3. The topological polar surface area (TPSA) is 176 Å². The van der Waals surface area contributed by atoms with Gasteiger partial charge >= 0.3 is 24.4 Å². The molecule has 0 aliphatic carbocycles. The Morgan fingerprint density at radius 1 is 1.06 bits per heavy atom. The molecule has 3 aromatic carbocycles. The van der Waals surface area contributed by atoms with Gasteiger partial charge in [0.2, 0.25) is 10.0 Å². The monoisotopic (exact) mass is 747 g/mol. The van der Waals surface area contributed by atoms with E-state index in [4.69, 9.17) is 44.6 Å². The van der Waals surface area contributed by atoms with Crippen LogP contribution >= 0.6 is 34.8 Å². The van der Waals surface area contributed by atoms with Crippen molar-refractivity contribution in [1.29, 1.82) is 0 Å². The quantitative estimate of drug-likeness (QED) is 0.107. The SMILES string of the molecule is Cc1nn(-c2cc(NS(C)(=O)=O)c(Cl)cc2Cl)c(=O)n1C(F)F.O=C(O)c1cc(Oc2ccc(C(F)(F)F)cc2Cl)ccc1[N+](=O)[O-]. The first-order valence-corrected chi connectivity index (χ1v) is 15.1. The number of anilines is 1. The summed E-state index contributed by atoms with van der Waals surface area (Å²) in [5.41, 5.74) is -3.52. The van der Waals surface area contributed by atoms with Gasteiger partial charge in [0.25, 0.3) is 5.69 Å². The van der Waals surface area contributed by atoms with Gasteiger partial charge in [-0.2, -0.15) is 26.6 Å². The van der Waals surface area contributed by atoms with E-state index < -0.39 is 56.1 Å². The summed E-state index contributed by atoms with van der Waals surface area (Å²) in [4.78, 5) is 32.9. The lowest BCUT2D eigenvalue weighted by molar-refractivity contribution is -0.385. The maximum Gasteiger partial charge on any atom is 0.416 e. The van der Waals surface area contributed by atoms with Crippen LogP contribution in [-0.2, 0) is 16.2 Å². The lowest BCUT2D eigenvalue weighted by atomic mass is 10.1. The molecule has 0 fully saturated rings. The van der Waals surface area contributed by atoms with Crippen LogP contribution in [0.1, 0.15) is 28.3 Å². The van der Waals surface area contributed by atoms with Crippen LogP contribution in [0.15, 0.2) is 53.3 Å². The molecule has 0 saturated carbocycles. The molecule has 2 N–H and O–H groups in total. The molecule has 0 bridgehead atoms. The number of nitro benzene ring substituents is 1. The zero-order valence-electron chi connectivity index (χ0n) is 23.2. The number of rotatable bonds is 8. The van der Waals surface area contributed by atoms with E-state index in [0.717, 1.165) is 42.7 Å². The highest BCUT2D eigenvalue weighted by molar-refractivity contribution is 7.92. The standard InChI is InChI=1S/C14H7ClF3NO5.C11H10Cl2F2N4O3S/c15-10-5-7(14(16,17)18)1-4-12(10)24-8-2-3-11(19(22)23)9(6-8)13(20)21;1-5-16-19(11(20)18(5)10(14)15)9-4-8(17-23(2,21)22)6(12)3-7(9)13/h1-6H,(H,20,21);3-4,10,17H,1-2H3. The highest BCUT2D eigenvalue weighted by Crippen LogP contribution is 2.37. The molecular formula is C25H17Cl3F5N5O8S. The minimum Gasteiger partial charge on any atom is -0.477 e. The van der Waals surface area contributed by atoms with E-state index in [1.165, 1.54) is 13.0 Å². The summed E-state index contributed by atoms with van der Waals surface area (Å²) in [6.45, 7) is -1.85. The van der Waals surface area contributed by atoms with E-state index in [1.54, 1.807) is 0 Å². The molecule has 13 nitrogen and oxygen atoms in total. The predicted octanol–water partition coefficient (Wildman–Crippen LogP) is 7.17. The predicted molar refractivity (Wildman–Crippen MR) is 159 cm³/mol. The van der Waals surface area contributed by atoms with Crippen LogP contribution < -0.4 is 15.1 Å². The van der Waals surface area contributed by atoms with Crippen molar-refractivity contribution in [2.45, 2.75) is 19.6 Å². The summed E-state index contributed by atoms with van der Waals surface area (Å²) in [6.07, 6.45) is -3.68. The Labute approximate surface area is 274 Å². The summed E-state index contributed by atoms with van der Waals surface area (Å²) in [5, 5.41) is 23.0. The largest absolute Gasteiger partial charge is 0.477 e. The van der Waals surface area contributed by atoms with E-state index in [-0.39, 0.29) is 48.3 Å². The van der Waals surface area contributed by atoms with Crippen molar-refractivity contribution in [3.8, 4) is 17.2 Å². The zero-order chi connectivity index (χ0) is 35.6. The van der Waals surface area contributed by atoms with Crippen LogP contribution in [0, 0.1) is 17.0 Å². The number of aryl methyl sites for hydroxylation is 1. The van der Waals surface area contributed by atoms with Crippen LogP contribution in [0.5, 0.6) is 11.5 Å². The van der Waals surface area contributed by atoms with Crippen molar-refractivity contribution in [3.05, 3.63) is 101 Å². The van der Waals surface area contributed by atoms with Crippen LogP contribution in [0.4, 0.5) is 33.3 Å². The second-order valence-electron chi connectivity index (χ2n) is 9.03. The Bertz CT molecular complexity index is 2040. The van der Waals surface area contributed by atoms with Crippen molar-refractivity contribution in [2.75, 3.05) is 11.0 Å². The minimum atomic E-state index is -4.58. The number of alkyl halides is 5. The lowest BCUT2D eigenvalue weighted by Gasteiger charge is -2.11. The van der Waals surface area contributed by atoms with E-state index in [0.29, 0.717) is 10.7 Å². The number of carbonyl (C=O) groups is 1. The number of nitro groups is 1. The second kappa shape index (κ2) is 14.1. The van der Waals surface area contributed by atoms with Crippen molar-refractivity contribution >= 4 is 62.2 Å². The lowest BCUT2D eigenvalue weighted by Crippen LogP contribution is -2.25. The molecule has 1 heterocycles. The van der Waals surface area contributed by atoms with Crippen LogP contribution in [-0.4, -0.2) is 45.0 Å². The molecule has 0 aliphatic heterocycles. The molecule has 4 rings (SSSR count). The molecule has 0 amide bonds. The molecule has 0 radical (unpaired) electrons. The molecule has 0 unspecified atom stereocenters. The highest BCUT2D eigenvalue weighted by atomic mass is 35.5. The number of nitrogens with one attached hydrogen (secondary N) is 1. The molecule has 0 aliphatic rings. The molecule has 0 saturated heterocycles. The zero-order valence-corrected chi connectivity index (χ0v) is 26.3. The van der Waals surface area contributed by atoms with Crippen LogP contribution in [0.2, 0.25) is 15.1 Å². The number of aromatic nitrogens is 3. The van der Waals surface area contributed by atoms with Gasteiger partial charge in [-0.3, -0.25) is 14.8 Å². The average Bonchev–Trinajstić information content (AvgIpc) is 3.23. The summed E-state index contributed by atoms with van der Waals surface area (Å²) in [6, 6.07) is 7.58. The van der Waals surface area contributed by atoms with Gasteiger partial charge in [-0.25, -0.2) is 22.6 Å². The number of halogens is 8. The molecule has 0 spiro atoms. The van der Waals surface area contributed by atoms with Crippen molar-refractivity contribution in [3.63, 3.8) is 0 Å². The second-order valence-corrected chi connectivity index (χ2v) is 12.0. The van der Waals surface area contributed by atoms with Crippen molar-refractivity contribution in [1.82, 2.24) is 14.3 Å². The normalized spacial score (nSPS) is 11.6. The van der Waals surface area contributed by atoms with Gasteiger partial charge in [0.1, 0.15) is 22.9 Å². The molecular weight excluding hydrogens is 732 g/mol. The number of carboxylic acids is 1. The van der Waals surface area contributed by atoms with Gasteiger partial charge < -0.3 is 9.84 Å². The maximum absolute atomic E-state index is 12.8. The number of carboxylic acid groups (broad SMARTS) is 1. The summed E-state index contributed by atoms with van der Waals surface area (Å²) in [5.74, 6) is -2.06. The summed E-state index contributed by atoms with van der Waals surface area (Å²) >= 11 is 17.6. The fourth-order valence-corrected chi connectivity index (χ4v) is 4.99. The molecule has 47 heavy (non-hydrogen) atoms. The summed E-state index contributed by atoms with van der Waals surface area (Å²) in [7, 11) is -3.65. The van der Waals surface area contributed by atoms with Gasteiger partial charge in [-0.05, 0) is 43.3 Å². The van der Waals surface area contributed by atoms with Gasteiger partial charge in [0.05, 0.1) is 43.2 Å².